The predicted molar refractivity (Wildman–Crippen MR) is 97.7 cm³/mol. The Bertz CT molecular complexity index is 761. The Morgan fingerprint density at radius 3 is 2.27 bits per heavy atom. The van der Waals surface area contributed by atoms with Gasteiger partial charge in [-0.3, -0.25) is 0 Å². The van der Waals surface area contributed by atoms with E-state index in [1.54, 1.807) is 0 Å². The van der Waals surface area contributed by atoms with Crippen molar-refractivity contribution in [1.82, 2.24) is 0 Å². The highest BCUT2D eigenvalue weighted by Gasteiger charge is 2.31. The molecule has 1 heterocycles. The summed E-state index contributed by atoms with van der Waals surface area (Å²) in [5.41, 5.74) is 8.31. The first-order valence-corrected chi connectivity index (χ1v) is 8.46. The first kappa shape index (κ1) is 18.3. The van der Waals surface area contributed by atoms with E-state index in [-0.39, 0.29) is 6.04 Å². The van der Waals surface area contributed by atoms with E-state index in [0.717, 1.165) is 35.5 Å². The van der Waals surface area contributed by atoms with E-state index in [1.807, 2.05) is 37.3 Å². The topological polar surface area (TPSA) is 38.5 Å². The zero-order valence-electron chi connectivity index (χ0n) is 14.5. The van der Waals surface area contributed by atoms with Gasteiger partial charge in [-0.1, -0.05) is 18.2 Å². The molecule has 2 N–H and O–H groups in total. The Kier molecular flexibility index (Phi) is 5.23. The number of rotatable bonds is 4. The Morgan fingerprint density at radius 1 is 1.12 bits per heavy atom. The van der Waals surface area contributed by atoms with Crippen molar-refractivity contribution in [1.29, 1.82) is 0 Å². The van der Waals surface area contributed by atoms with E-state index in [9.17, 15) is 13.2 Å². The molecule has 1 fully saturated rings. The number of hydrogen-bond acceptors (Lipinski definition) is 3. The minimum atomic E-state index is -4.34. The molecule has 1 atom stereocenters. The van der Waals surface area contributed by atoms with E-state index in [2.05, 4.69) is 4.90 Å². The molecule has 6 heteroatoms. The first-order chi connectivity index (χ1) is 12.4. The lowest BCUT2D eigenvalue weighted by molar-refractivity contribution is -0.137. The van der Waals surface area contributed by atoms with Crippen molar-refractivity contribution in [2.45, 2.75) is 25.6 Å². The Morgan fingerprint density at radius 2 is 1.77 bits per heavy atom. The van der Waals surface area contributed by atoms with Crippen LogP contribution in [0.25, 0.3) is 5.70 Å². The lowest BCUT2D eigenvalue weighted by Gasteiger charge is -2.33. The van der Waals surface area contributed by atoms with Crippen molar-refractivity contribution >= 4 is 17.1 Å². The number of nitrogens with zero attached hydrogens (tertiary/aromatic N) is 1. The van der Waals surface area contributed by atoms with Crippen LogP contribution >= 0.6 is 0 Å². The molecule has 0 radical (unpaired) electrons. The molecule has 2 aromatic carbocycles. The third-order valence-electron chi connectivity index (χ3n) is 4.48. The van der Waals surface area contributed by atoms with Gasteiger partial charge >= 0.3 is 6.18 Å². The van der Waals surface area contributed by atoms with E-state index < -0.39 is 11.7 Å². The minimum Gasteiger partial charge on any atom is -0.399 e. The molecule has 0 amide bonds. The second kappa shape index (κ2) is 7.41. The van der Waals surface area contributed by atoms with E-state index >= 15 is 0 Å². The molecule has 0 bridgehead atoms. The highest BCUT2D eigenvalue weighted by atomic mass is 19.4. The fourth-order valence-corrected chi connectivity index (χ4v) is 3.18. The number of ether oxygens (including phenoxy) is 1. The standard InChI is InChI=1S/C20H21F3N2O/c1-2-19(14-3-5-15(6-4-14)20(21,22)23)25(18-11-12-26-13-18)17-9-7-16(24)8-10-17/h2-10,18H,11-13,24H2,1H3/b19-2-. The summed E-state index contributed by atoms with van der Waals surface area (Å²) in [5.74, 6) is 0. The zero-order valence-corrected chi connectivity index (χ0v) is 14.5. The summed E-state index contributed by atoms with van der Waals surface area (Å²) in [5, 5.41) is 0. The molecular formula is C20H21F3N2O. The van der Waals surface area contributed by atoms with Gasteiger partial charge < -0.3 is 15.4 Å². The van der Waals surface area contributed by atoms with Gasteiger partial charge in [-0.2, -0.15) is 13.2 Å². The van der Waals surface area contributed by atoms with Gasteiger partial charge in [0.15, 0.2) is 0 Å². The summed E-state index contributed by atoms with van der Waals surface area (Å²) >= 11 is 0. The molecule has 0 saturated carbocycles. The maximum Gasteiger partial charge on any atom is 0.416 e. The number of nitrogen functional groups attached to an aromatic ring is 1. The van der Waals surface area contributed by atoms with Gasteiger partial charge in [-0.25, -0.2) is 0 Å². The molecule has 0 spiro atoms. The van der Waals surface area contributed by atoms with Crippen LogP contribution in [0.2, 0.25) is 0 Å². The zero-order chi connectivity index (χ0) is 18.7. The van der Waals surface area contributed by atoms with Crippen molar-refractivity contribution < 1.29 is 17.9 Å². The average molecular weight is 362 g/mol. The number of anilines is 2. The van der Waals surface area contributed by atoms with Crippen molar-refractivity contribution in [3.05, 3.63) is 65.7 Å². The quantitative estimate of drug-likeness (QED) is 0.783. The van der Waals surface area contributed by atoms with Crippen molar-refractivity contribution in [2.75, 3.05) is 23.8 Å². The lowest BCUT2D eigenvalue weighted by Crippen LogP contribution is -2.34. The summed E-state index contributed by atoms with van der Waals surface area (Å²) in [6.45, 7) is 3.12. The largest absolute Gasteiger partial charge is 0.416 e. The molecule has 1 saturated heterocycles. The number of nitrogens with two attached hydrogens (primary N) is 1. The molecule has 3 nitrogen and oxygen atoms in total. The molecule has 1 unspecified atom stereocenters. The first-order valence-electron chi connectivity index (χ1n) is 8.46. The SMILES string of the molecule is C/C=C(/c1ccc(C(F)(F)F)cc1)N(c1ccc(N)cc1)C1CCOC1. The van der Waals surface area contributed by atoms with Gasteiger partial charge in [0, 0.05) is 23.7 Å². The van der Waals surface area contributed by atoms with E-state index in [1.165, 1.54) is 12.1 Å². The normalized spacial score (nSPS) is 18.2. The van der Waals surface area contributed by atoms with Crippen molar-refractivity contribution in [3.63, 3.8) is 0 Å². The monoisotopic (exact) mass is 362 g/mol. The summed E-state index contributed by atoms with van der Waals surface area (Å²) in [6.07, 6.45) is -1.58. The van der Waals surface area contributed by atoms with Gasteiger partial charge in [-0.15, -0.1) is 0 Å². The van der Waals surface area contributed by atoms with Crippen LogP contribution in [-0.4, -0.2) is 19.3 Å². The van der Waals surface area contributed by atoms with Crippen LogP contribution in [-0.2, 0) is 10.9 Å². The molecule has 1 aliphatic rings. The molecule has 2 aromatic rings. The molecule has 1 aliphatic heterocycles. The average Bonchev–Trinajstić information content (AvgIpc) is 3.14. The third-order valence-corrected chi connectivity index (χ3v) is 4.48. The third kappa shape index (κ3) is 3.85. The van der Waals surface area contributed by atoms with Crippen LogP contribution in [0.1, 0.15) is 24.5 Å². The van der Waals surface area contributed by atoms with Crippen LogP contribution in [0.15, 0.2) is 54.6 Å². The van der Waals surface area contributed by atoms with Gasteiger partial charge in [0.1, 0.15) is 0 Å². The van der Waals surface area contributed by atoms with Gasteiger partial charge in [-0.05, 0) is 55.3 Å². The van der Waals surface area contributed by atoms with Crippen molar-refractivity contribution in [3.8, 4) is 0 Å². The second-order valence-electron chi connectivity index (χ2n) is 6.23. The number of hydrogen-bond donors (Lipinski definition) is 1. The summed E-state index contributed by atoms with van der Waals surface area (Å²) in [4.78, 5) is 2.12. The van der Waals surface area contributed by atoms with Gasteiger partial charge in [0.05, 0.1) is 18.2 Å². The summed E-state index contributed by atoms with van der Waals surface area (Å²) in [7, 11) is 0. The molecule has 3 rings (SSSR count). The fraction of sp³-hybridized carbons (Fsp3) is 0.300. The van der Waals surface area contributed by atoms with Crippen molar-refractivity contribution in [2.24, 2.45) is 0 Å². The van der Waals surface area contributed by atoms with Crippen LogP contribution in [0.5, 0.6) is 0 Å². The van der Waals surface area contributed by atoms with Crippen LogP contribution in [0.3, 0.4) is 0 Å². The van der Waals surface area contributed by atoms with Gasteiger partial charge in [0.25, 0.3) is 0 Å². The summed E-state index contributed by atoms with van der Waals surface area (Å²) in [6, 6.07) is 12.8. The highest BCUT2D eigenvalue weighted by Crippen LogP contribution is 2.34. The second-order valence-corrected chi connectivity index (χ2v) is 6.23. The smallest absolute Gasteiger partial charge is 0.399 e. The molecule has 0 aromatic heterocycles. The Balaban J connectivity index is 1.99. The Hall–Kier alpha value is -2.47. The fourth-order valence-electron chi connectivity index (χ4n) is 3.18. The molecule has 26 heavy (non-hydrogen) atoms. The van der Waals surface area contributed by atoms with E-state index in [4.69, 9.17) is 10.5 Å². The predicted octanol–water partition coefficient (Wildman–Crippen LogP) is 4.94. The number of halogens is 3. The number of benzene rings is 2. The maximum atomic E-state index is 12.9. The molecule has 138 valence electrons. The lowest BCUT2D eigenvalue weighted by atomic mass is 10.0. The highest BCUT2D eigenvalue weighted by molar-refractivity contribution is 5.80. The number of allylic oxidation sites excluding steroid dienone is 1. The molecule has 0 aliphatic carbocycles. The number of alkyl halides is 3. The Labute approximate surface area is 150 Å². The summed E-state index contributed by atoms with van der Waals surface area (Å²) < 4.78 is 44.1. The maximum absolute atomic E-state index is 12.9. The van der Waals surface area contributed by atoms with Crippen LogP contribution in [0.4, 0.5) is 24.5 Å². The van der Waals surface area contributed by atoms with Crippen LogP contribution in [0, 0.1) is 0 Å². The van der Waals surface area contributed by atoms with E-state index in [0.29, 0.717) is 18.9 Å². The van der Waals surface area contributed by atoms with Gasteiger partial charge in [0.2, 0.25) is 0 Å². The molecular weight excluding hydrogens is 341 g/mol. The van der Waals surface area contributed by atoms with Crippen LogP contribution < -0.4 is 10.6 Å². The minimum absolute atomic E-state index is 0.118.